The van der Waals surface area contributed by atoms with Gasteiger partial charge in [-0.2, -0.15) is 0 Å². The normalized spacial score (nSPS) is 12.9. The Bertz CT molecular complexity index is 1040. The van der Waals surface area contributed by atoms with E-state index >= 15 is 0 Å². The van der Waals surface area contributed by atoms with Crippen LogP contribution >= 0.6 is 0 Å². The zero-order valence-corrected chi connectivity index (χ0v) is 42.8. The molecule has 0 aromatic heterocycles. The zero-order valence-electron chi connectivity index (χ0n) is 42.8. The summed E-state index contributed by atoms with van der Waals surface area (Å²) in [5, 5.41) is 23.0. The lowest BCUT2D eigenvalue weighted by atomic mass is 10.0. The third kappa shape index (κ3) is 49.5. The fourth-order valence-corrected chi connectivity index (χ4v) is 8.49. The molecule has 376 valence electrons. The van der Waals surface area contributed by atoms with E-state index in [9.17, 15) is 19.8 Å². The van der Waals surface area contributed by atoms with Gasteiger partial charge in [-0.05, 0) is 77.0 Å². The molecule has 0 aromatic carbocycles. The Morgan fingerprint density at radius 3 is 1.16 bits per heavy atom. The molecule has 0 heterocycles. The average molecular weight is 901 g/mol. The van der Waals surface area contributed by atoms with Gasteiger partial charge in [0.05, 0.1) is 25.4 Å². The van der Waals surface area contributed by atoms with Crippen LogP contribution in [0.15, 0.2) is 36.5 Å². The molecular weight excluding hydrogens is 791 g/mol. The highest BCUT2D eigenvalue weighted by atomic mass is 16.5. The van der Waals surface area contributed by atoms with Crippen LogP contribution in [-0.2, 0) is 14.3 Å². The van der Waals surface area contributed by atoms with E-state index < -0.39 is 12.1 Å². The Kier molecular flexibility index (Phi) is 52.1. The number of allylic oxidation sites excluding steroid dienone is 5. The van der Waals surface area contributed by atoms with E-state index in [-0.39, 0.29) is 18.5 Å². The molecule has 0 fully saturated rings. The molecular formula is C58H109NO5. The summed E-state index contributed by atoms with van der Waals surface area (Å²) in [7, 11) is 0. The minimum absolute atomic E-state index is 0.000618. The number of amides is 1. The Balaban J connectivity index is 3.44. The monoisotopic (exact) mass is 900 g/mol. The quantitative estimate of drug-likeness (QED) is 0.0321. The fourth-order valence-electron chi connectivity index (χ4n) is 8.49. The van der Waals surface area contributed by atoms with E-state index in [0.717, 1.165) is 51.4 Å². The van der Waals surface area contributed by atoms with Gasteiger partial charge in [0.1, 0.15) is 0 Å². The molecule has 0 radical (unpaired) electrons. The van der Waals surface area contributed by atoms with Gasteiger partial charge in [-0.15, -0.1) is 0 Å². The molecule has 0 saturated heterocycles. The van der Waals surface area contributed by atoms with Gasteiger partial charge >= 0.3 is 5.97 Å². The molecule has 0 spiro atoms. The smallest absolute Gasteiger partial charge is 0.305 e. The summed E-state index contributed by atoms with van der Waals surface area (Å²) in [6, 6.07) is -0.631. The second kappa shape index (κ2) is 53.7. The summed E-state index contributed by atoms with van der Waals surface area (Å²) in [6.45, 7) is 4.86. The highest BCUT2D eigenvalue weighted by Crippen LogP contribution is 2.16. The summed E-state index contributed by atoms with van der Waals surface area (Å²) in [5.41, 5.74) is 0. The van der Waals surface area contributed by atoms with Crippen LogP contribution in [0.5, 0.6) is 0 Å². The maximum Gasteiger partial charge on any atom is 0.305 e. The maximum absolute atomic E-state index is 12.4. The molecule has 64 heavy (non-hydrogen) atoms. The van der Waals surface area contributed by atoms with E-state index in [1.165, 1.54) is 218 Å². The molecule has 3 N–H and O–H groups in total. The van der Waals surface area contributed by atoms with Gasteiger partial charge in [0, 0.05) is 12.8 Å². The summed E-state index contributed by atoms with van der Waals surface area (Å²) in [5.74, 6) is -0.0754. The topological polar surface area (TPSA) is 95.9 Å². The van der Waals surface area contributed by atoms with Crippen LogP contribution in [0, 0.1) is 0 Å². The van der Waals surface area contributed by atoms with Crippen molar-refractivity contribution in [3.63, 3.8) is 0 Å². The maximum atomic E-state index is 12.4. The number of hydrogen-bond acceptors (Lipinski definition) is 5. The second-order valence-electron chi connectivity index (χ2n) is 19.3. The molecule has 6 heteroatoms. The molecule has 2 atom stereocenters. The Labute approximate surface area is 398 Å². The molecule has 0 rings (SSSR count). The van der Waals surface area contributed by atoms with Gasteiger partial charge in [-0.25, -0.2) is 0 Å². The number of esters is 1. The minimum Gasteiger partial charge on any atom is -0.466 e. The molecule has 2 unspecified atom stereocenters. The van der Waals surface area contributed by atoms with Crippen molar-refractivity contribution >= 4 is 11.9 Å². The van der Waals surface area contributed by atoms with Gasteiger partial charge in [0.15, 0.2) is 0 Å². The van der Waals surface area contributed by atoms with E-state index in [0.29, 0.717) is 19.4 Å². The van der Waals surface area contributed by atoms with Crippen LogP contribution < -0.4 is 5.32 Å². The van der Waals surface area contributed by atoms with Gasteiger partial charge in [-0.1, -0.05) is 243 Å². The van der Waals surface area contributed by atoms with Crippen molar-refractivity contribution in [3.05, 3.63) is 36.5 Å². The first-order valence-electron chi connectivity index (χ1n) is 28.3. The van der Waals surface area contributed by atoms with E-state index in [1.807, 2.05) is 6.08 Å². The number of rotatable bonds is 52. The van der Waals surface area contributed by atoms with Crippen molar-refractivity contribution in [2.45, 2.75) is 309 Å². The van der Waals surface area contributed by atoms with Crippen molar-refractivity contribution in [1.29, 1.82) is 0 Å². The molecule has 0 aliphatic carbocycles. The van der Waals surface area contributed by atoms with Crippen molar-refractivity contribution in [1.82, 2.24) is 5.32 Å². The number of unbranched alkanes of at least 4 members (excludes halogenated alkanes) is 37. The fraction of sp³-hybridized carbons (Fsp3) is 0.862. The average Bonchev–Trinajstić information content (AvgIpc) is 3.29. The second-order valence-corrected chi connectivity index (χ2v) is 19.3. The van der Waals surface area contributed by atoms with Crippen LogP contribution in [0.25, 0.3) is 0 Å². The van der Waals surface area contributed by atoms with Gasteiger partial charge < -0.3 is 20.3 Å². The number of hydrogen-bond donors (Lipinski definition) is 3. The molecule has 0 aliphatic heterocycles. The van der Waals surface area contributed by atoms with Crippen LogP contribution in [-0.4, -0.2) is 47.4 Å². The van der Waals surface area contributed by atoms with Crippen molar-refractivity contribution in [2.75, 3.05) is 13.2 Å². The minimum atomic E-state index is -0.847. The standard InChI is InChI=1S/C58H109NO5/c1-3-5-7-9-11-13-15-27-31-34-38-42-46-50-56(61)55(54-60)59-57(62)51-47-43-39-35-32-28-25-23-21-19-17-16-18-20-22-24-26-29-33-37-41-45-49-53-64-58(63)52-48-44-40-36-30-14-12-10-8-6-4-2/h10,12,19,21,46,50,55-56,60-61H,3-9,11,13-18,20,22-45,47-49,51-54H2,1-2H3,(H,59,62)/b12-10-,21-19-,50-46+. The summed E-state index contributed by atoms with van der Waals surface area (Å²) < 4.78 is 5.45. The van der Waals surface area contributed by atoms with Crippen molar-refractivity contribution in [3.8, 4) is 0 Å². The number of nitrogens with one attached hydrogen (secondary N) is 1. The molecule has 0 aromatic rings. The van der Waals surface area contributed by atoms with Gasteiger partial charge in [-0.3, -0.25) is 9.59 Å². The third-order valence-electron chi connectivity index (χ3n) is 12.9. The van der Waals surface area contributed by atoms with Crippen molar-refractivity contribution < 1.29 is 24.5 Å². The lowest BCUT2D eigenvalue weighted by molar-refractivity contribution is -0.143. The number of carbonyl (C=O) groups is 2. The number of carbonyl (C=O) groups excluding carboxylic acids is 2. The first-order valence-corrected chi connectivity index (χ1v) is 28.3. The van der Waals surface area contributed by atoms with Gasteiger partial charge in [0.2, 0.25) is 5.91 Å². The molecule has 0 saturated carbocycles. The number of aliphatic hydroxyl groups excluding tert-OH is 2. The first-order chi connectivity index (χ1) is 31.5. The molecule has 0 aliphatic rings. The molecule has 0 bridgehead atoms. The first kappa shape index (κ1) is 62.1. The van der Waals surface area contributed by atoms with Crippen LogP contribution in [0.1, 0.15) is 296 Å². The highest BCUT2D eigenvalue weighted by Gasteiger charge is 2.18. The Morgan fingerprint density at radius 2 is 0.750 bits per heavy atom. The SMILES string of the molecule is CCCC/C=C\CCCCCCCC(=O)OCCCCCCCCCCCCCC/C=C\CCCCCCCCCC(=O)NC(CO)C(O)/C=C/CCCCCCCCCCCCC. The lowest BCUT2D eigenvalue weighted by Gasteiger charge is -2.20. The predicted octanol–water partition coefficient (Wildman–Crippen LogP) is 17.2. The summed E-state index contributed by atoms with van der Waals surface area (Å²) in [4.78, 5) is 24.4. The van der Waals surface area contributed by atoms with Crippen LogP contribution in [0.4, 0.5) is 0 Å². The highest BCUT2D eigenvalue weighted by molar-refractivity contribution is 5.76. The number of aliphatic hydroxyl groups is 2. The summed E-state index contributed by atoms with van der Waals surface area (Å²) in [6.07, 6.45) is 66.0. The van der Waals surface area contributed by atoms with E-state index in [2.05, 4.69) is 43.5 Å². The number of ether oxygens (including phenoxy) is 1. The van der Waals surface area contributed by atoms with Gasteiger partial charge in [0.25, 0.3) is 0 Å². The Morgan fingerprint density at radius 1 is 0.422 bits per heavy atom. The molecule has 6 nitrogen and oxygen atoms in total. The summed E-state index contributed by atoms with van der Waals surface area (Å²) >= 11 is 0. The zero-order chi connectivity index (χ0) is 46.5. The van der Waals surface area contributed by atoms with E-state index in [1.54, 1.807) is 6.08 Å². The third-order valence-corrected chi connectivity index (χ3v) is 12.9. The largest absolute Gasteiger partial charge is 0.466 e. The van der Waals surface area contributed by atoms with E-state index in [4.69, 9.17) is 4.74 Å². The van der Waals surface area contributed by atoms with Crippen LogP contribution in [0.2, 0.25) is 0 Å². The Hall–Kier alpha value is -1.92. The lowest BCUT2D eigenvalue weighted by Crippen LogP contribution is -2.45. The van der Waals surface area contributed by atoms with Crippen molar-refractivity contribution in [2.24, 2.45) is 0 Å². The molecule has 1 amide bonds. The van der Waals surface area contributed by atoms with Crippen LogP contribution in [0.3, 0.4) is 0 Å². The predicted molar refractivity (Wildman–Crippen MR) is 278 cm³/mol.